The molecule has 21 heavy (non-hydrogen) atoms. The molecule has 0 spiro atoms. The van der Waals surface area contributed by atoms with Crippen LogP contribution in [0.1, 0.15) is 31.7 Å². The van der Waals surface area contributed by atoms with Crippen LogP contribution in [0.4, 0.5) is 10.1 Å². The summed E-state index contributed by atoms with van der Waals surface area (Å²) in [4.78, 5) is 4.84. The molecule has 2 aliphatic rings. The van der Waals surface area contributed by atoms with Crippen molar-refractivity contribution in [3.8, 4) is 0 Å². The quantitative estimate of drug-likeness (QED) is 0.928. The molecule has 2 heterocycles. The third-order valence-electron chi connectivity index (χ3n) is 4.73. The lowest BCUT2D eigenvalue weighted by atomic mass is 10.0. The van der Waals surface area contributed by atoms with E-state index in [1.165, 1.54) is 19.4 Å². The first kappa shape index (κ1) is 14.8. The second-order valence-electron chi connectivity index (χ2n) is 6.56. The van der Waals surface area contributed by atoms with Gasteiger partial charge in [0.1, 0.15) is 5.82 Å². The van der Waals surface area contributed by atoms with Gasteiger partial charge in [0.15, 0.2) is 0 Å². The van der Waals surface area contributed by atoms with Crippen LogP contribution in [0.3, 0.4) is 0 Å². The Bertz CT molecular complexity index is 489. The molecule has 2 atom stereocenters. The third kappa shape index (κ3) is 3.22. The van der Waals surface area contributed by atoms with Gasteiger partial charge in [-0.3, -0.25) is 4.90 Å². The van der Waals surface area contributed by atoms with E-state index in [0.29, 0.717) is 6.04 Å². The fourth-order valence-corrected chi connectivity index (χ4v) is 3.84. The molecule has 0 radical (unpaired) electrons. The first-order chi connectivity index (χ1) is 10.1. The Morgan fingerprint density at radius 2 is 2.10 bits per heavy atom. The summed E-state index contributed by atoms with van der Waals surface area (Å²) in [5, 5.41) is 0. The van der Waals surface area contributed by atoms with Crippen molar-refractivity contribution in [1.29, 1.82) is 0 Å². The molecule has 2 fully saturated rings. The Hall–Kier alpha value is -1.13. The van der Waals surface area contributed by atoms with Gasteiger partial charge in [-0.15, -0.1) is 0 Å². The monoisotopic (exact) mass is 291 g/mol. The normalized spacial score (nSPS) is 24.7. The van der Waals surface area contributed by atoms with Crippen LogP contribution in [0.2, 0.25) is 0 Å². The highest BCUT2D eigenvalue weighted by Crippen LogP contribution is 2.30. The molecule has 0 bridgehead atoms. The standard InChI is InChI=1S/C17H26FN3/c1-13(19)11-14-5-2-7-16(18)17(14)21-10-4-9-20-8-3-6-15(20)12-21/h2,5,7,13,15H,3-4,6,8-12,19H2,1H3. The van der Waals surface area contributed by atoms with Gasteiger partial charge in [-0.1, -0.05) is 12.1 Å². The summed E-state index contributed by atoms with van der Waals surface area (Å²) in [6.07, 6.45) is 4.37. The van der Waals surface area contributed by atoms with Crippen molar-refractivity contribution < 1.29 is 4.39 Å². The van der Waals surface area contributed by atoms with Crippen molar-refractivity contribution in [3.05, 3.63) is 29.6 Å². The Morgan fingerprint density at radius 1 is 1.29 bits per heavy atom. The first-order valence-corrected chi connectivity index (χ1v) is 8.17. The minimum absolute atomic E-state index is 0.0560. The molecule has 0 aromatic heterocycles. The maximum Gasteiger partial charge on any atom is 0.146 e. The number of hydrogen-bond acceptors (Lipinski definition) is 3. The molecule has 0 amide bonds. The number of para-hydroxylation sites is 1. The smallest absolute Gasteiger partial charge is 0.146 e. The molecule has 1 aromatic carbocycles. The van der Waals surface area contributed by atoms with Crippen LogP contribution in [0.5, 0.6) is 0 Å². The molecule has 2 unspecified atom stereocenters. The lowest BCUT2D eigenvalue weighted by molar-refractivity contribution is 0.273. The highest BCUT2D eigenvalue weighted by atomic mass is 19.1. The molecule has 0 aliphatic carbocycles. The van der Waals surface area contributed by atoms with Crippen molar-refractivity contribution in [2.45, 2.75) is 44.7 Å². The zero-order valence-corrected chi connectivity index (χ0v) is 12.9. The number of halogens is 1. The van der Waals surface area contributed by atoms with Gasteiger partial charge < -0.3 is 10.6 Å². The molecule has 116 valence electrons. The second-order valence-corrected chi connectivity index (χ2v) is 6.56. The van der Waals surface area contributed by atoms with Crippen LogP contribution >= 0.6 is 0 Å². The van der Waals surface area contributed by atoms with Gasteiger partial charge in [-0.25, -0.2) is 4.39 Å². The largest absolute Gasteiger partial charge is 0.367 e. The highest BCUT2D eigenvalue weighted by molar-refractivity contribution is 5.55. The van der Waals surface area contributed by atoms with Crippen molar-refractivity contribution in [2.75, 3.05) is 31.1 Å². The van der Waals surface area contributed by atoms with Gasteiger partial charge in [0.05, 0.1) is 5.69 Å². The predicted molar refractivity (Wildman–Crippen MR) is 85.2 cm³/mol. The van der Waals surface area contributed by atoms with Crippen molar-refractivity contribution >= 4 is 5.69 Å². The highest BCUT2D eigenvalue weighted by Gasteiger charge is 2.30. The summed E-state index contributed by atoms with van der Waals surface area (Å²) in [6, 6.07) is 6.06. The van der Waals surface area contributed by atoms with Gasteiger partial charge >= 0.3 is 0 Å². The van der Waals surface area contributed by atoms with E-state index in [1.807, 2.05) is 13.0 Å². The number of nitrogens with two attached hydrogens (primary N) is 1. The second kappa shape index (κ2) is 6.32. The zero-order chi connectivity index (χ0) is 14.8. The number of anilines is 1. The van der Waals surface area contributed by atoms with Crippen LogP contribution in [0, 0.1) is 5.82 Å². The predicted octanol–water partition coefficient (Wildman–Crippen LogP) is 2.39. The Morgan fingerprint density at radius 3 is 2.90 bits per heavy atom. The third-order valence-corrected chi connectivity index (χ3v) is 4.73. The summed E-state index contributed by atoms with van der Waals surface area (Å²) in [6.45, 7) is 6.24. The van der Waals surface area contributed by atoms with Gasteiger partial charge in [0, 0.05) is 31.7 Å². The molecule has 3 rings (SSSR count). The summed E-state index contributed by atoms with van der Waals surface area (Å²) < 4.78 is 14.5. The molecule has 2 saturated heterocycles. The first-order valence-electron chi connectivity index (χ1n) is 8.17. The van der Waals surface area contributed by atoms with Gasteiger partial charge in [0.2, 0.25) is 0 Å². The van der Waals surface area contributed by atoms with E-state index in [-0.39, 0.29) is 11.9 Å². The summed E-state index contributed by atoms with van der Waals surface area (Å²) in [5.74, 6) is -0.0976. The summed E-state index contributed by atoms with van der Waals surface area (Å²) in [7, 11) is 0. The van der Waals surface area contributed by atoms with E-state index >= 15 is 0 Å². The van der Waals surface area contributed by atoms with Crippen molar-refractivity contribution in [3.63, 3.8) is 0 Å². The lowest BCUT2D eigenvalue weighted by Crippen LogP contribution is -2.37. The van der Waals surface area contributed by atoms with E-state index in [9.17, 15) is 4.39 Å². The van der Waals surface area contributed by atoms with E-state index in [1.54, 1.807) is 12.1 Å². The van der Waals surface area contributed by atoms with Crippen molar-refractivity contribution in [2.24, 2.45) is 5.73 Å². The minimum atomic E-state index is -0.0976. The lowest BCUT2D eigenvalue weighted by Gasteiger charge is -2.29. The SMILES string of the molecule is CC(N)Cc1cccc(F)c1N1CCCN2CCCC2C1. The van der Waals surface area contributed by atoms with E-state index in [4.69, 9.17) is 5.73 Å². The van der Waals surface area contributed by atoms with Crippen LogP contribution in [-0.2, 0) is 6.42 Å². The maximum atomic E-state index is 14.5. The number of benzene rings is 1. The number of rotatable bonds is 3. The number of hydrogen-bond donors (Lipinski definition) is 1. The molecule has 2 N–H and O–H groups in total. The van der Waals surface area contributed by atoms with Crippen LogP contribution in [-0.4, -0.2) is 43.2 Å². The number of fused-ring (bicyclic) bond motifs is 1. The molecule has 4 heteroatoms. The van der Waals surface area contributed by atoms with Crippen LogP contribution in [0.25, 0.3) is 0 Å². The Balaban J connectivity index is 1.87. The van der Waals surface area contributed by atoms with Crippen molar-refractivity contribution in [1.82, 2.24) is 4.90 Å². The molecule has 1 aromatic rings. The average Bonchev–Trinajstić information content (AvgIpc) is 2.76. The van der Waals surface area contributed by atoms with Gasteiger partial charge in [-0.2, -0.15) is 0 Å². The van der Waals surface area contributed by atoms with Gasteiger partial charge in [0.25, 0.3) is 0 Å². The molecule has 3 nitrogen and oxygen atoms in total. The molecular formula is C17H26FN3. The number of nitrogens with zero attached hydrogens (tertiary/aromatic N) is 2. The maximum absolute atomic E-state index is 14.5. The van der Waals surface area contributed by atoms with Gasteiger partial charge in [-0.05, 0) is 50.8 Å². The fourth-order valence-electron chi connectivity index (χ4n) is 3.84. The Labute approximate surface area is 126 Å². The zero-order valence-electron chi connectivity index (χ0n) is 12.9. The van der Waals surface area contributed by atoms with Crippen LogP contribution in [0.15, 0.2) is 18.2 Å². The van der Waals surface area contributed by atoms with E-state index in [0.717, 1.165) is 43.7 Å². The topological polar surface area (TPSA) is 32.5 Å². The molecule has 0 saturated carbocycles. The average molecular weight is 291 g/mol. The molecular weight excluding hydrogens is 265 g/mol. The fraction of sp³-hybridized carbons (Fsp3) is 0.647. The van der Waals surface area contributed by atoms with E-state index < -0.39 is 0 Å². The summed E-state index contributed by atoms with van der Waals surface area (Å²) >= 11 is 0. The minimum Gasteiger partial charge on any atom is -0.367 e. The Kier molecular flexibility index (Phi) is 4.45. The molecule has 2 aliphatic heterocycles. The summed E-state index contributed by atoms with van der Waals surface area (Å²) in [5.41, 5.74) is 7.79. The van der Waals surface area contributed by atoms with E-state index in [2.05, 4.69) is 9.80 Å². The van der Waals surface area contributed by atoms with Crippen LogP contribution < -0.4 is 10.6 Å².